The first-order chi connectivity index (χ1) is 8.41. The summed E-state index contributed by atoms with van der Waals surface area (Å²) in [5, 5.41) is 9.34. The van der Waals surface area contributed by atoms with Crippen LogP contribution in [-0.4, -0.2) is 40.7 Å². The highest BCUT2D eigenvalue weighted by Crippen LogP contribution is 2.46. The van der Waals surface area contributed by atoms with Gasteiger partial charge < -0.3 is 15.6 Å². The maximum atomic E-state index is 11.6. The number of thioether (sulfide) groups is 1. The van der Waals surface area contributed by atoms with E-state index in [4.69, 9.17) is 10.5 Å². The van der Waals surface area contributed by atoms with Gasteiger partial charge in [0.2, 0.25) is 5.91 Å². The van der Waals surface area contributed by atoms with Crippen LogP contribution < -0.4 is 5.73 Å². The van der Waals surface area contributed by atoms with Crippen LogP contribution in [0.25, 0.3) is 0 Å². The van der Waals surface area contributed by atoms with Gasteiger partial charge in [-0.2, -0.15) is 11.8 Å². The zero-order valence-corrected chi connectivity index (χ0v) is 11.3. The van der Waals surface area contributed by atoms with E-state index in [0.717, 1.165) is 17.9 Å². The quantitative estimate of drug-likeness (QED) is 0.745. The molecule has 2 aliphatic rings. The molecule has 0 saturated carbocycles. The lowest BCUT2D eigenvalue weighted by atomic mass is 9.68. The molecule has 0 aromatic carbocycles. The number of carbonyl (C=O) groups excluding carboxylic acids is 1. The van der Waals surface area contributed by atoms with E-state index in [1.807, 2.05) is 11.8 Å². The average molecular weight is 273 g/mol. The number of nitrogens with two attached hydrogens (primary N) is 1. The van der Waals surface area contributed by atoms with Gasteiger partial charge in [-0.05, 0) is 37.9 Å². The van der Waals surface area contributed by atoms with E-state index in [0.29, 0.717) is 19.4 Å². The molecule has 0 aromatic heterocycles. The molecule has 18 heavy (non-hydrogen) atoms. The summed E-state index contributed by atoms with van der Waals surface area (Å²) in [4.78, 5) is 23.0. The van der Waals surface area contributed by atoms with E-state index in [1.165, 1.54) is 6.92 Å². The predicted molar refractivity (Wildman–Crippen MR) is 68.3 cm³/mol. The van der Waals surface area contributed by atoms with Gasteiger partial charge >= 0.3 is 5.97 Å². The Balaban J connectivity index is 2.21. The van der Waals surface area contributed by atoms with Crippen molar-refractivity contribution in [3.63, 3.8) is 0 Å². The third-order valence-corrected chi connectivity index (χ3v) is 5.56. The number of rotatable bonds is 3. The van der Waals surface area contributed by atoms with Gasteiger partial charge in [0.1, 0.15) is 5.41 Å². The standard InChI is InChI=1S/C12H19NO4S/c1-11(9(13)14,10(15)16)8-2-4-17-12(6-8)3-5-18-7-12/h8H,2-7H2,1H3,(H2,13,14)(H,15,16). The number of hydrogen-bond acceptors (Lipinski definition) is 4. The third kappa shape index (κ3) is 2.12. The van der Waals surface area contributed by atoms with Crippen LogP contribution in [0.4, 0.5) is 0 Å². The highest BCUT2D eigenvalue weighted by atomic mass is 32.2. The van der Waals surface area contributed by atoms with Crippen LogP contribution in [0.5, 0.6) is 0 Å². The molecule has 3 N–H and O–H groups in total. The average Bonchev–Trinajstić information content (AvgIpc) is 2.75. The summed E-state index contributed by atoms with van der Waals surface area (Å²) in [6.45, 7) is 1.96. The number of carboxylic acids is 1. The molecule has 2 aliphatic heterocycles. The Labute approximate surface area is 110 Å². The van der Waals surface area contributed by atoms with Gasteiger partial charge in [0.15, 0.2) is 0 Å². The molecule has 0 radical (unpaired) electrons. The molecule has 5 nitrogen and oxygen atoms in total. The fourth-order valence-corrected chi connectivity index (χ4v) is 4.24. The molecule has 2 saturated heterocycles. The molecule has 2 fully saturated rings. The van der Waals surface area contributed by atoms with Crippen molar-refractivity contribution in [1.29, 1.82) is 0 Å². The zero-order valence-electron chi connectivity index (χ0n) is 10.5. The maximum absolute atomic E-state index is 11.6. The van der Waals surface area contributed by atoms with Crippen molar-refractivity contribution in [2.24, 2.45) is 17.1 Å². The third-order valence-electron chi connectivity index (χ3n) is 4.33. The first kappa shape index (κ1) is 13.7. The molecular weight excluding hydrogens is 254 g/mol. The smallest absolute Gasteiger partial charge is 0.319 e. The zero-order chi connectivity index (χ0) is 13.4. The largest absolute Gasteiger partial charge is 0.480 e. The highest BCUT2D eigenvalue weighted by molar-refractivity contribution is 7.99. The van der Waals surface area contributed by atoms with Crippen molar-refractivity contribution >= 4 is 23.6 Å². The number of aliphatic carboxylic acids is 1. The number of hydrogen-bond donors (Lipinski definition) is 2. The summed E-state index contributed by atoms with van der Waals surface area (Å²) in [6, 6.07) is 0. The van der Waals surface area contributed by atoms with Gasteiger partial charge in [-0.25, -0.2) is 0 Å². The van der Waals surface area contributed by atoms with Crippen molar-refractivity contribution in [3.8, 4) is 0 Å². The van der Waals surface area contributed by atoms with Crippen LogP contribution in [0.15, 0.2) is 0 Å². The number of carboxylic acid groups (broad SMARTS) is 1. The fourth-order valence-electron chi connectivity index (χ4n) is 2.87. The highest BCUT2D eigenvalue weighted by Gasteiger charge is 2.52. The van der Waals surface area contributed by atoms with Crippen molar-refractivity contribution in [2.45, 2.75) is 31.8 Å². The van der Waals surface area contributed by atoms with Gasteiger partial charge in [-0.3, -0.25) is 9.59 Å². The van der Waals surface area contributed by atoms with E-state index < -0.39 is 17.3 Å². The van der Waals surface area contributed by atoms with Crippen molar-refractivity contribution in [2.75, 3.05) is 18.1 Å². The summed E-state index contributed by atoms with van der Waals surface area (Å²) in [7, 11) is 0. The van der Waals surface area contributed by atoms with E-state index in [2.05, 4.69) is 0 Å². The molecule has 0 aliphatic carbocycles. The van der Waals surface area contributed by atoms with E-state index >= 15 is 0 Å². The maximum Gasteiger partial charge on any atom is 0.319 e. The summed E-state index contributed by atoms with van der Waals surface area (Å²) in [5.41, 5.74) is 3.61. The van der Waals surface area contributed by atoms with Crippen molar-refractivity contribution < 1.29 is 19.4 Å². The molecule has 0 aromatic rings. The molecule has 1 spiro atoms. The molecule has 102 valence electrons. The van der Waals surface area contributed by atoms with Crippen LogP contribution >= 0.6 is 11.8 Å². The summed E-state index contributed by atoms with van der Waals surface area (Å²) in [5.74, 6) is -0.184. The Kier molecular flexibility index (Phi) is 3.60. The molecule has 1 amide bonds. The first-order valence-corrected chi connectivity index (χ1v) is 7.31. The SMILES string of the molecule is CC(C(N)=O)(C(=O)O)C1CCOC2(CCSC2)C1. The Hall–Kier alpha value is -0.750. The second kappa shape index (κ2) is 4.74. The Bertz CT molecular complexity index is 351. The van der Waals surface area contributed by atoms with Crippen LogP contribution in [-0.2, 0) is 14.3 Å². The summed E-state index contributed by atoms with van der Waals surface area (Å²) >= 11 is 1.82. The normalized spacial score (nSPS) is 35.3. The van der Waals surface area contributed by atoms with Gasteiger partial charge in [0, 0.05) is 12.4 Å². The topological polar surface area (TPSA) is 89.6 Å². The minimum atomic E-state index is -1.48. The van der Waals surface area contributed by atoms with Gasteiger partial charge in [-0.1, -0.05) is 0 Å². The number of amides is 1. The molecule has 3 unspecified atom stereocenters. The molecular formula is C12H19NO4S. The Morgan fingerprint density at radius 2 is 2.28 bits per heavy atom. The molecule has 6 heteroatoms. The Morgan fingerprint density at radius 1 is 1.56 bits per heavy atom. The van der Waals surface area contributed by atoms with Crippen LogP contribution in [0.1, 0.15) is 26.2 Å². The number of primary amides is 1. The van der Waals surface area contributed by atoms with Crippen molar-refractivity contribution in [1.82, 2.24) is 0 Å². The van der Waals surface area contributed by atoms with Crippen LogP contribution in [0.2, 0.25) is 0 Å². The second-order valence-corrected chi connectivity index (χ2v) is 6.50. The van der Waals surface area contributed by atoms with E-state index in [9.17, 15) is 14.7 Å². The molecule has 3 atom stereocenters. The van der Waals surface area contributed by atoms with Gasteiger partial charge in [0.05, 0.1) is 5.60 Å². The first-order valence-electron chi connectivity index (χ1n) is 6.16. The number of ether oxygens (including phenoxy) is 1. The van der Waals surface area contributed by atoms with Crippen LogP contribution in [0, 0.1) is 11.3 Å². The van der Waals surface area contributed by atoms with Crippen molar-refractivity contribution in [3.05, 3.63) is 0 Å². The van der Waals surface area contributed by atoms with E-state index in [1.54, 1.807) is 0 Å². The summed E-state index contributed by atoms with van der Waals surface area (Å²) < 4.78 is 5.85. The van der Waals surface area contributed by atoms with Gasteiger partial charge in [0.25, 0.3) is 0 Å². The van der Waals surface area contributed by atoms with Crippen LogP contribution in [0.3, 0.4) is 0 Å². The minimum absolute atomic E-state index is 0.236. The minimum Gasteiger partial charge on any atom is -0.480 e. The molecule has 2 heterocycles. The second-order valence-electron chi connectivity index (χ2n) is 5.40. The lowest BCUT2D eigenvalue weighted by Gasteiger charge is -2.42. The fraction of sp³-hybridized carbons (Fsp3) is 0.833. The molecule has 2 rings (SSSR count). The lowest BCUT2D eigenvalue weighted by Crippen LogP contribution is -2.52. The molecule has 0 bridgehead atoms. The lowest BCUT2D eigenvalue weighted by molar-refractivity contribution is -0.165. The predicted octanol–water partition coefficient (Wildman–Crippen LogP) is 0.865. The van der Waals surface area contributed by atoms with E-state index in [-0.39, 0.29) is 11.5 Å². The Morgan fingerprint density at radius 3 is 2.78 bits per heavy atom. The van der Waals surface area contributed by atoms with Gasteiger partial charge in [-0.15, -0.1) is 0 Å². The monoisotopic (exact) mass is 273 g/mol. The number of carbonyl (C=O) groups is 2. The summed E-state index contributed by atoms with van der Waals surface area (Å²) in [6.07, 6.45) is 2.13.